The maximum atomic E-state index is 12.9. The van der Waals surface area contributed by atoms with Crippen LogP contribution in [-0.4, -0.2) is 59.9 Å². The Morgan fingerprint density at radius 1 is 1.27 bits per heavy atom. The Balaban J connectivity index is 1.52. The number of aromatic nitrogens is 3. The van der Waals surface area contributed by atoms with Crippen LogP contribution in [0.1, 0.15) is 34.5 Å². The Labute approximate surface area is 151 Å². The average Bonchev–Trinajstić information content (AvgIpc) is 3.18. The highest BCUT2D eigenvalue weighted by molar-refractivity contribution is 5.96. The van der Waals surface area contributed by atoms with Crippen LogP contribution in [0.5, 0.6) is 11.8 Å². The van der Waals surface area contributed by atoms with E-state index in [-0.39, 0.29) is 17.4 Å². The number of carbonyl (C=O) groups is 1. The summed E-state index contributed by atoms with van der Waals surface area (Å²) in [5.41, 5.74) is 2.37. The third-order valence-corrected chi connectivity index (χ3v) is 5.25. The SMILES string of the molecule is COc1ccc(C(=O)N2CCC3(CC2)OCCc2cn[nH]c23)c(OC)n1. The molecule has 0 radical (unpaired) electrons. The lowest BCUT2D eigenvalue weighted by Crippen LogP contribution is -2.48. The first-order valence-corrected chi connectivity index (χ1v) is 8.72. The third-order valence-electron chi connectivity index (χ3n) is 5.25. The first-order chi connectivity index (χ1) is 12.7. The molecular weight excluding hydrogens is 336 g/mol. The topological polar surface area (TPSA) is 89.6 Å². The van der Waals surface area contributed by atoms with E-state index in [9.17, 15) is 4.79 Å². The monoisotopic (exact) mass is 358 g/mol. The lowest BCUT2D eigenvalue weighted by molar-refractivity contribution is -0.0962. The van der Waals surface area contributed by atoms with E-state index in [4.69, 9.17) is 14.2 Å². The molecule has 0 atom stereocenters. The third kappa shape index (κ3) is 2.70. The standard InChI is InChI=1S/C18H22N4O4/c1-24-14-4-3-13(16(20-14)25-2)17(23)22-8-6-18(7-9-22)15-12(5-10-26-18)11-19-21-15/h3-4,11H,5-10H2,1-2H3,(H,19,21). The van der Waals surface area contributed by atoms with Gasteiger partial charge in [0.15, 0.2) is 0 Å². The molecule has 8 nitrogen and oxygen atoms in total. The van der Waals surface area contributed by atoms with Crippen molar-refractivity contribution in [1.82, 2.24) is 20.1 Å². The molecule has 0 aliphatic carbocycles. The summed E-state index contributed by atoms with van der Waals surface area (Å²) in [6.45, 7) is 1.90. The summed E-state index contributed by atoms with van der Waals surface area (Å²) in [4.78, 5) is 19.0. The molecule has 2 aromatic rings. The minimum Gasteiger partial charge on any atom is -0.481 e. The molecule has 4 heterocycles. The van der Waals surface area contributed by atoms with Gasteiger partial charge >= 0.3 is 0 Å². The maximum absolute atomic E-state index is 12.9. The van der Waals surface area contributed by atoms with Crippen LogP contribution < -0.4 is 9.47 Å². The van der Waals surface area contributed by atoms with Gasteiger partial charge in [-0.2, -0.15) is 10.1 Å². The summed E-state index contributed by atoms with van der Waals surface area (Å²) in [6.07, 6.45) is 4.23. The van der Waals surface area contributed by atoms with Crippen molar-refractivity contribution >= 4 is 5.91 Å². The van der Waals surface area contributed by atoms with Gasteiger partial charge in [0.2, 0.25) is 11.8 Å². The molecule has 1 saturated heterocycles. The molecule has 0 aromatic carbocycles. The van der Waals surface area contributed by atoms with Gasteiger partial charge in [0.05, 0.1) is 32.7 Å². The first kappa shape index (κ1) is 16.8. The molecule has 2 aliphatic rings. The van der Waals surface area contributed by atoms with Gasteiger partial charge in [0.1, 0.15) is 11.2 Å². The zero-order chi connectivity index (χ0) is 18.1. The molecule has 1 fully saturated rings. The molecule has 8 heteroatoms. The van der Waals surface area contributed by atoms with E-state index in [0.29, 0.717) is 31.1 Å². The number of carbonyl (C=O) groups excluding carboxylic acids is 1. The van der Waals surface area contributed by atoms with E-state index >= 15 is 0 Å². The number of likely N-dealkylation sites (tertiary alicyclic amines) is 1. The van der Waals surface area contributed by atoms with Crippen molar-refractivity contribution in [2.24, 2.45) is 0 Å². The van der Waals surface area contributed by atoms with Crippen LogP contribution in [0.3, 0.4) is 0 Å². The molecule has 2 aromatic heterocycles. The van der Waals surface area contributed by atoms with Gasteiger partial charge in [0.25, 0.3) is 5.91 Å². The highest BCUT2D eigenvalue weighted by Crippen LogP contribution is 2.40. The van der Waals surface area contributed by atoms with E-state index in [1.807, 2.05) is 11.1 Å². The van der Waals surface area contributed by atoms with Crippen LogP contribution >= 0.6 is 0 Å². The number of pyridine rings is 1. The van der Waals surface area contributed by atoms with E-state index in [1.54, 1.807) is 12.1 Å². The van der Waals surface area contributed by atoms with Crippen LogP contribution in [0, 0.1) is 0 Å². The summed E-state index contributed by atoms with van der Waals surface area (Å²) in [7, 11) is 3.03. The lowest BCUT2D eigenvalue weighted by Gasteiger charge is -2.43. The number of nitrogens with one attached hydrogen (secondary N) is 1. The number of ether oxygens (including phenoxy) is 3. The van der Waals surface area contributed by atoms with Crippen molar-refractivity contribution in [3.05, 3.63) is 35.2 Å². The molecule has 26 heavy (non-hydrogen) atoms. The van der Waals surface area contributed by atoms with Crippen LogP contribution in [-0.2, 0) is 16.8 Å². The number of hydrogen-bond acceptors (Lipinski definition) is 6. The average molecular weight is 358 g/mol. The number of nitrogens with zero attached hydrogens (tertiary/aromatic N) is 3. The molecule has 1 N–H and O–H groups in total. The normalized spacial score (nSPS) is 18.5. The van der Waals surface area contributed by atoms with Crippen LogP contribution in [0.15, 0.2) is 18.3 Å². The van der Waals surface area contributed by atoms with Crippen molar-refractivity contribution in [3.63, 3.8) is 0 Å². The van der Waals surface area contributed by atoms with Crippen molar-refractivity contribution in [1.29, 1.82) is 0 Å². The van der Waals surface area contributed by atoms with Crippen molar-refractivity contribution in [3.8, 4) is 11.8 Å². The van der Waals surface area contributed by atoms with Crippen LogP contribution in [0.25, 0.3) is 0 Å². The van der Waals surface area contributed by atoms with E-state index < -0.39 is 0 Å². The Morgan fingerprint density at radius 3 is 2.81 bits per heavy atom. The predicted octanol–water partition coefficient (Wildman–Crippen LogP) is 1.53. The number of methoxy groups -OCH3 is 2. The number of aromatic amines is 1. The quantitative estimate of drug-likeness (QED) is 0.895. The van der Waals surface area contributed by atoms with E-state index in [0.717, 1.165) is 25.0 Å². The largest absolute Gasteiger partial charge is 0.481 e. The molecule has 0 unspecified atom stereocenters. The number of H-pyrrole nitrogens is 1. The fraction of sp³-hybridized carbons (Fsp3) is 0.500. The summed E-state index contributed by atoms with van der Waals surface area (Å²) in [5, 5.41) is 7.27. The van der Waals surface area contributed by atoms with Gasteiger partial charge in [-0.1, -0.05) is 0 Å². The zero-order valence-corrected chi connectivity index (χ0v) is 14.9. The van der Waals surface area contributed by atoms with Gasteiger partial charge in [-0.3, -0.25) is 9.89 Å². The fourth-order valence-corrected chi connectivity index (χ4v) is 3.81. The number of amides is 1. The van der Waals surface area contributed by atoms with Gasteiger partial charge in [-0.15, -0.1) is 0 Å². The molecule has 0 bridgehead atoms. The fourth-order valence-electron chi connectivity index (χ4n) is 3.81. The summed E-state index contributed by atoms with van der Waals surface area (Å²) >= 11 is 0. The number of hydrogen-bond donors (Lipinski definition) is 1. The number of fused-ring (bicyclic) bond motifs is 2. The molecule has 4 rings (SSSR count). The number of rotatable bonds is 3. The predicted molar refractivity (Wildman–Crippen MR) is 92.4 cm³/mol. The highest BCUT2D eigenvalue weighted by atomic mass is 16.5. The van der Waals surface area contributed by atoms with Crippen LogP contribution in [0.4, 0.5) is 0 Å². The second-order valence-electron chi connectivity index (χ2n) is 6.57. The Kier molecular flexibility index (Phi) is 4.28. The zero-order valence-electron chi connectivity index (χ0n) is 14.9. The van der Waals surface area contributed by atoms with E-state index in [1.165, 1.54) is 19.8 Å². The molecule has 1 amide bonds. The molecule has 0 saturated carbocycles. The Morgan fingerprint density at radius 2 is 2.08 bits per heavy atom. The molecular formula is C18H22N4O4. The maximum Gasteiger partial charge on any atom is 0.259 e. The first-order valence-electron chi connectivity index (χ1n) is 8.72. The van der Waals surface area contributed by atoms with Crippen molar-refractivity contribution in [2.45, 2.75) is 24.9 Å². The van der Waals surface area contributed by atoms with E-state index in [2.05, 4.69) is 15.2 Å². The molecule has 138 valence electrons. The van der Waals surface area contributed by atoms with Gasteiger partial charge in [0, 0.05) is 19.2 Å². The van der Waals surface area contributed by atoms with Gasteiger partial charge in [-0.25, -0.2) is 0 Å². The van der Waals surface area contributed by atoms with Crippen molar-refractivity contribution in [2.75, 3.05) is 33.9 Å². The van der Waals surface area contributed by atoms with Gasteiger partial charge in [-0.05, 0) is 30.9 Å². The van der Waals surface area contributed by atoms with Crippen LogP contribution in [0.2, 0.25) is 0 Å². The lowest BCUT2D eigenvalue weighted by atomic mass is 9.83. The Bertz CT molecular complexity index is 811. The smallest absolute Gasteiger partial charge is 0.259 e. The summed E-state index contributed by atoms with van der Waals surface area (Å²) < 4.78 is 16.5. The molecule has 2 aliphatic heterocycles. The minimum absolute atomic E-state index is 0.0903. The summed E-state index contributed by atoms with van der Waals surface area (Å²) in [5.74, 6) is 0.602. The second kappa shape index (κ2) is 6.60. The number of piperidine rings is 1. The van der Waals surface area contributed by atoms with Gasteiger partial charge < -0.3 is 19.1 Å². The second-order valence-corrected chi connectivity index (χ2v) is 6.57. The Hall–Kier alpha value is -2.61. The summed E-state index contributed by atoms with van der Waals surface area (Å²) in [6, 6.07) is 3.36. The van der Waals surface area contributed by atoms with Crippen molar-refractivity contribution < 1.29 is 19.0 Å². The minimum atomic E-state index is -0.358. The highest BCUT2D eigenvalue weighted by Gasteiger charge is 2.43. The molecule has 1 spiro atoms.